The van der Waals surface area contributed by atoms with Crippen LogP contribution in [0.2, 0.25) is 5.02 Å². The van der Waals surface area contributed by atoms with Gasteiger partial charge in [0, 0.05) is 22.7 Å². The van der Waals surface area contributed by atoms with Crippen molar-refractivity contribution in [2.45, 2.75) is 12.3 Å². The zero-order chi connectivity index (χ0) is 15.5. The molecule has 1 unspecified atom stereocenters. The molecule has 0 radical (unpaired) electrons. The van der Waals surface area contributed by atoms with E-state index in [0.29, 0.717) is 0 Å². The van der Waals surface area contributed by atoms with Crippen molar-refractivity contribution in [2.75, 3.05) is 6.54 Å². The summed E-state index contributed by atoms with van der Waals surface area (Å²) in [5.41, 5.74) is -0.752. The number of aliphatic hydroxyl groups excluding tert-OH is 1. The van der Waals surface area contributed by atoms with E-state index in [-0.39, 0.29) is 10.6 Å². The monoisotopic (exact) mass is 312 g/mol. The standard InChI is InChI=1S/C10H8ClF3N2O4/c11-6-1-5(2-7(3-6)16(19)20)9(18)15-4-8(17)10(12,13)14/h1-3,8,17H,4H2,(H,15,18). The second kappa shape index (κ2) is 6.06. The van der Waals surface area contributed by atoms with Gasteiger partial charge in [-0.2, -0.15) is 13.2 Å². The molecular weight excluding hydrogens is 305 g/mol. The van der Waals surface area contributed by atoms with E-state index in [0.717, 1.165) is 18.2 Å². The molecule has 0 saturated carbocycles. The summed E-state index contributed by atoms with van der Waals surface area (Å²) in [5.74, 6) is -1.01. The molecule has 0 aromatic heterocycles. The summed E-state index contributed by atoms with van der Waals surface area (Å²) in [5, 5.41) is 21.0. The lowest BCUT2D eigenvalue weighted by atomic mass is 10.2. The van der Waals surface area contributed by atoms with Crippen LogP contribution in [-0.2, 0) is 0 Å². The van der Waals surface area contributed by atoms with Gasteiger partial charge >= 0.3 is 6.18 Å². The van der Waals surface area contributed by atoms with Gasteiger partial charge in [0.25, 0.3) is 11.6 Å². The lowest BCUT2D eigenvalue weighted by molar-refractivity contribution is -0.384. The molecule has 6 nitrogen and oxygen atoms in total. The Kier molecular flexibility index (Phi) is 4.90. The number of benzene rings is 1. The second-order valence-corrected chi connectivity index (χ2v) is 4.16. The molecule has 0 fully saturated rings. The lowest BCUT2D eigenvalue weighted by Gasteiger charge is -2.15. The number of hydrogen-bond acceptors (Lipinski definition) is 4. The number of amides is 1. The van der Waals surface area contributed by atoms with Crippen LogP contribution in [0, 0.1) is 10.1 Å². The number of rotatable bonds is 4. The third kappa shape index (κ3) is 4.35. The highest BCUT2D eigenvalue weighted by molar-refractivity contribution is 6.31. The number of alkyl halides is 3. The molecule has 0 aliphatic heterocycles. The van der Waals surface area contributed by atoms with Crippen LogP contribution in [0.3, 0.4) is 0 Å². The molecule has 0 bridgehead atoms. The van der Waals surface area contributed by atoms with Gasteiger partial charge in [-0.15, -0.1) is 0 Å². The minimum absolute atomic E-state index is 0.110. The Morgan fingerprint density at radius 3 is 2.55 bits per heavy atom. The Morgan fingerprint density at radius 2 is 2.05 bits per heavy atom. The summed E-state index contributed by atoms with van der Waals surface area (Å²) in [6.45, 7) is -1.07. The number of non-ortho nitro benzene ring substituents is 1. The lowest BCUT2D eigenvalue weighted by Crippen LogP contribution is -2.40. The Morgan fingerprint density at radius 1 is 1.45 bits per heavy atom. The topological polar surface area (TPSA) is 92.5 Å². The Bertz CT molecular complexity index is 536. The molecule has 20 heavy (non-hydrogen) atoms. The molecule has 1 amide bonds. The van der Waals surface area contributed by atoms with Gasteiger partial charge in [0.15, 0.2) is 6.10 Å². The minimum Gasteiger partial charge on any atom is -0.382 e. The van der Waals surface area contributed by atoms with E-state index in [1.165, 1.54) is 0 Å². The van der Waals surface area contributed by atoms with Gasteiger partial charge in [0.2, 0.25) is 0 Å². The number of halogens is 4. The van der Waals surface area contributed by atoms with E-state index in [9.17, 15) is 28.1 Å². The van der Waals surface area contributed by atoms with Crippen LogP contribution < -0.4 is 5.32 Å². The molecule has 10 heteroatoms. The quantitative estimate of drug-likeness (QED) is 0.656. The molecule has 110 valence electrons. The Balaban J connectivity index is 2.81. The van der Waals surface area contributed by atoms with Crippen LogP contribution in [0.1, 0.15) is 10.4 Å². The van der Waals surface area contributed by atoms with Crippen molar-refractivity contribution >= 4 is 23.2 Å². The van der Waals surface area contributed by atoms with Crippen molar-refractivity contribution in [3.05, 3.63) is 38.9 Å². The molecule has 1 aromatic rings. The fourth-order valence-corrected chi connectivity index (χ4v) is 1.45. The molecule has 0 aliphatic carbocycles. The first-order chi connectivity index (χ1) is 9.11. The Hall–Kier alpha value is -1.87. The number of nitro benzene ring substituents is 1. The number of hydrogen-bond donors (Lipinski definition) is 2. The molecule has 1 rings (SSSR count). The van der Waals surface area contributed by atoms with Gasteiger partial charge in [0.1, 0.15) is 0 Å². The van der Waals surface area contributed by atoms with Crippen LogP contribution in [0.5, 0.6) is 0 Å². The summed E-state index contributed by atoms with van der Waals surface area (Å²) in [4.78, 5) is 21.3. The van der Waals surface area contributed by atoms with Gasteiger partial charge < -0.3 is 10.4 Å². The van der Waals surface area contributed by atoms with Gasteiger partial charge in [-0.3, -0.25) is 14.9 Å². The van der Waals surface area contributed by atoms with Crippen molar-refractivity contribution in [1.29, 1.82) is 0 Å². The molecule has 0 saturated heterocycles. The first kappa shape index (κ1) is 16.2. The van der Waals surface area contributed by atoms with E-state index >= 15 is 0 Å². The van der Waals surface area contributed by atoms with Crippen LogP contribution in [-0.4, -0.2) is 34.8 Å². The van der Waals surface area contributed by atoms with E-state index in [4.69, 9.17) is 16.7 Å². The third-order valence-electron chi connectivity index (χ3n) is 2.19. The molecule has 2 N–H and O–H groups in total. The maximum Gasteiger partial charge on any atom is 0.416 e. The van der Waals surface area contributed by atoms with E-state index in [1.807, 2.05) is 5.32 Å². The van der Waals surface area contributed by atoms with Gasteiger partial charge in [-0.05, 0) is 6.07 Å². The van der Waals surface area contributed by atoms with Gasteiger partial charge in [-0.1, -0.05) is 11.6 Å². The predicted octanol–water partition coefficient (Wildman–Crippen LogP) is 1.90. The molecule has 0 spiro atoms. The SMILES string of the molecule is O=C(NCC(O)C(F)(F)F)c1cc(Cl)cc([N+](=O)[O-])c1. The maximum atomic E-state index is 12.0. The fraction of sp³-hybridized carbons (Fsp3) is 0.300. The highest BCUT2D eigenvalue weighted by Gasteiger charge is 2.38. The van der Waals surface area contributed by atoms with Crippen molar-refractivity contribution < 1.29 is 28.0 Å². The minimum atomic E-state index is -4.87. The van der Waals surface area contributed by atoms with Crippen molar-refractivity contribution in [3.63, 3.8) is 0 Å². The molecule has 0 heterocycles. The average Bonchev–Trinajstić information content (AvgIpc) is 2.33. The number of nitrogens with zero attached hydrogens (tertiary/aromatic N) is 1. The van der Waals surface area contributed by atoms with Crippen molar-refractivity contribution in [1.82, 2.24) is 5.32 Å². The number of nitro groups is 1. The van der Waals surface area contributed by atoms with Gasteiger partial charge in [0.05, 0.1) is 11.5 Å². The van der Waals surface area contributed by atoms with Crippen molar-refractivity contribution in [2.24, 2.45) is 0 Å². The fourth-order valence-electron chi connectivity index (χ4n) is 1.22. The first-order valence-corrected chi connectivity index (χ1v) is 5.47. The maximum absolute atomic E-state index is 12.0. The number of carbonyl (C=O) groups excluding carboxylic acids is 1. The molecule has 0 aliphatic rings. The largest absolute Gasteiger partial charge is 0.416 e. The summed E-state index contributed by atoms with van der Waals surface area (Å²) < 4.78 is 36.1. The van der Waals surface area contributed by atoms with E-state index in [2.05, 4.69) is 0 Å². The zero-order valence-electron chi connectivity index (χ0n) is 9.65. The Labute approximate surface area is 115 Å². The second-order valence-electron chi connectivity index (χ2n) is 3.72. The van der Waals surface area contributed by atoms with Crippen LogP contribution in [0.25, 0.3) is 0 Å². The molecule has 1 aromatic carbocycles. The summed E-state index contributed by atoms with van der Waals surface area (Å²) in [7, 11) is 0. The van der Waals surface area contributed by atoms with Gasteiger partial charge in [-0.25, -0.2) is 0 Å². The highest BCUT2D eigenvalue weighted by Crippen LogP contribution is 2.21. The summed E-state index contributed by atoms with van der Waals surface area (Å²) >= 11 is 5.56. The average molecular weight is 313 g/mol. The summed E-state index contributed by atoms with van der Waals surface area (Å²) in [6.07, 6.45) is -7.59. The summed E-state index contributed by atoms with van der Waals surface area (Å²) in [6, 6.07) is 2.91. The number of nitrogens with one attached hydrogen (secondary N) is 1. The normalized spacial score (nSPS) is 12.8. The number of aliphatic hydroxyl groups is 1. The predicted molar refractivity (Wildman–Crippen MR) is 62.5 cm³/mol. The van der Waals surface area contributed by atoms with Crippen molar-refractivity contribution in [3.8, 4) is 0 Å². The van der Waals surface area contributed by atoms with Crippen LogP contribution in [0.15, 0.2) is 18.2 Å². The highest BCUT2D eigenvalue weighted by atomic mass is 35.5. The smallest absolute Gasteiger partial charge is 0.382 e. The zero-order valence-corrected chi connectivity index (χ0v) is 10.4. The van der Waals surface area contributed by atoms with E-state index in [1.54, 1.807) is 0 Å². The first-order valence-electron chi connectivity index (χ1n) is 5.09. The number of carbonyl (C=O) groups is 1. The molecule has 1 atom stereocenters. The van der Waals surface area contributed by atoms with E-state index < -0.39 is 35.3 Å². The van der Waals surface area contributed by atoms with Crippen LogP contribution in [0.4, 0.5) is 18.9 Å². The molecular formula is C10H8ClF3N2O4. The van der Waals surface area contributed by atoms with Crippen LogP contribution >= 0.6 is 11.6 Å². The third-order valence-corrected chi connectivity index (χ3v) is 2.41.